The molecule has 2 amide bonds. The Morgan fingerprint density at radius 1 is 1.16 bits per heavy atom. The van der Waals surface area contributed by atoms with E-state index in [-0.39, 0.29) is 11.6 Å². The lowest BCUT2D eigenvalue weighted by atomic mass is 9.89. The maximum Gasteiger partial charge on any atom is 0.317 e. The maximum atomic E-state index is 12.4. The highest BCUT2D eigenvalue weighted by atomic mass is 16.2. The van der Waals surface area contributed by atoms with Crippen molar-refractivity contribution in [2.45, 2.75) is 75.8 Å². The molecule has 0 aliphatic heterocycles. The van der Waals surface area contributed by atoms with Crippen LogP contribution in [0.1, 0.15) is 64.2 Å². The van der Waals surface area contributed by atoms with E-state index in [2.05, 4.69) is 5.32 Å². The molecule has 0 saturated heterocycles. The second kappa shape index (κ2) is 6.60. The number of hydrogen-bond acceptors (Lipinski definition) is 2. The van der Waals surface area contributed by atoms with Crippen LogP contribution in [0.3, 0.4) is 0 Å². The van der Waals surface area contributed by atoms with Gasteiger partial charge < -0.3 is 16.0 Å². The van der Waals surface area contributed by atoms with Gasteiger partial charge in [0.1, 0.15) is 0 Å². The molecule has 2 saturated carbocycles. The molecule has 19 heavy (non-hydrogen) atoms. The van der Waals surface area contributed by atoms with Crippen molar-refractivity contribution in [3.05, 3.63) is 0 Å². The average Bonchev–Trinajstić information content (AvgIpc) is 2.80. The quantitative estimate of drug-likeness (QED) is 0.772. The molecule has 0 aromatic carbocycles. The molecule has 0 unspecified atom stereocenters. The third-order valence-electron chi connectivity index (χ3n) is 5.11. The molecule has 3 N–H and O–H groups in total. The Kier molecular flexibility index (Phi) is 5.08. The van der Waals surface area contributed by atoms with E-state index in [9.17, 15) is 4.79 Å². The third-order valence-corrected chi connectivity index (χ3v) is 5.11. The number of amides is 2. The predicted molar refractivity (Wildman–Crippen MR) is 78.0 cm³/mol. The molecule has 0 spiro atoms. The van der Waals surface area contributed by atoms with E-state index >= 15 is 0 Å². The molecule has 0 aromatic rings. The van der Waals surface area contributed by atoms with Gasteiger partial charge in [-0.3, -0.25) is 0 Å². The van der Waals surface area contributed by atoms with Gasteiger partial charge in [-0.05, 0) is 25.7 Å². The van der Waals surface area contributed by atoms with Crippen LogP contribution in [0.15, 0.2) is 0 Å². The van der Waals surface area contributed by atoms with Crippen LogP contribution in [0, 0.1) is 0 Å². The van der Waals surface area contributed by atoms with Crippen molar-refractivity contribution in [2.75, 3.05) is 13.6 Å². The molecule has 2 fully saturated rings. The van der Waals surface area contributed by atoms with Crippen LogP contribution in [0.5, 0.6) is 0 Å². The molecular formula is C15H29N3O. The van der Waals surface area contributed by atoms with Gasteiger partial charge in [-0.1, -0.05) is 38.5 Å². The summed E-state index contributed by atoms with van der Waals surface area (Å²) >= 11 is 0. The van der Waals surface area contributed by atoms with Gasteiger partial charge in [-0.25, -0.2) is 4.79 Å². The van der Waals surface area contributed by atoms with Crippen molar-refractivity contribution in [1.82, 2.24) is 10.2 Å². The van der Waals surface area contributed by atoms with Gasteiger partial charge in [0.25, 0.3) is 0 Å². The molecule has 2 aliphatic rings. The number of likely N-dealkylation sites (N-methyl/N-ethyl adjacent to an activating group) is 1. The van der Waals surface area contributed by atoms with Crippen LogP contribution >= 0.6 is 0 Å². The molecular weight excluding hydrogens is 238 g/mol. The second-order valence-corrected chi connectivity index (χ2v) is 6.33. The largest absolute Gasteiger partial charge is 0.335 e. The van der Waals surface area contributed by atoms with Crippen LogP contribution in [0.4, 0.5) is 4.79 Å². The second-order valence-electron chi connectivity index (χ2n) is 6.33. The molecule has 0 atom stereocenters. The zero-order valence-electron chi connectivity index (χ0n) is 12.3. The summed E-state index contributed by atoms with van der Waals surface area (Å²) in [6.07, 6.45) is 11.8. The summed E-state index contributed by atoms with van der Waals surface area (Å²) in [4.78, 5) is 14.3. The first-order valence-corrected chi connectivity index (χ1v) is 7.92. The van der Waals surface area contributed by atoms with Crippen LogP contribution in [-0.4, -0.2) is 36.1 Å². The van der Waals surface area contributed by atoms with E-state index in [1.165, 1.54) is 38.5 Å². The summed E-state index contributed by atoms with van der Waals surface area (Å²) in [5.74, 6) is 0. The van der Waals surface area contributed by atoms with Crippen LogP contribution in [0.25, 0.3) is 0 Å². The van der Waals surface area contributed by atoms with Crippen molar-refractivity contribution in [1.29, 1.82) is 0 Å². The van der Waals surface area contributed by atoms with E-state index in [4.69, 9.17) is 5.73 Å². The summed E-state index contributed by atoms with van der Waals surface area (Å²) in [6, 6.07) is 0.467. The van der Waals surface area contributed by atoms with Crippen LogP contribution in [-0.2, 0) is 0 Å². The fourth-order valence-corrected chi connectivity index (χ4v) is 3.62. The normalized spacial score (nSPS) is 23.9. The van der Waals surface area contributed by atoms with E-state index in [0.717, 1.165) is 25.7 Å². The Hall–Kier alpha value is -0.770. The first kappa shape index (κ1) is 14.6. The fraction of sp³-hybridized carbons (Fsp3) is 0.933. The van der Waals surface area contributed by atoms with Crippen molar-refractivity contribution < 1.29 is 4.79 Å². The standard InChI is InChI=1S/C15H29N3O/c1-18(14(19)17-13-8-4-5-9-13)15(12-16)10-6-2-3-7-11-15/h13H,2-12,16H2,1H3,(H,17,19). The lowest BCUT2D eigenvalue weighted by molar-refractivity contribution is 0.122. The third kappa shape index (κ3) is 3.41. The number of carbonyl (C=O) groups excluding carboxylic acids is 1. The Morgan fingerprint density at radius 3 is 2.26 bits per heavy atom. The van der Waals surface area contributed by atoms with Crippen molar-refractivity contribution in [2.24, 2.45) is 5.73 Å². The van der Waals surface area contributed by atoms with E-state index in [1.807, 2.05) is 11.9 Å². The van der Waals surface area contributed by atoms with Gasteiger partial charge in [-0.15, -0.1) is 0 Å². The number of nitrogens with two attached hydrogens (primary N) is 1. The maximum absolute atomic E-state index is 12.4. The van der Waals surface area contributed by atoms with Gasteiger partial charge in [0.15, 0.2) is 0 Å². The molecule has 4 heteroatoms. The zero-order valence-corrected chi connectivity index (χ0v) is 12.3. The van der Waals surface area contributed by atoms with Gasteiger partial charge in [0, 0.05) is 19.6 Å². The topological polar surface area (TPSA) is 58.4 Å². The minimum Gasteiger partial charge on any atom is -0.335 e. The van der Waals surface area contributed by atoms with E-state index < -0.39 is 0 Å². The predicted octanol–water partition coefficient (Wildman–Crippen LogP) is 2.62. The molecule has 0 aromatic heterocycles. The molecule has 4 nitrogen and oxygen atoms in total. The summed E-state index contributed by atoms with van der Waals surface area (Å²) in [5, 5.41) is 3.19. The number of rotatable bonds is 3. The number of nitrogens with zero attached hydrogens (tertiary/aromatic N) is 1. The van der Waals surface area contributed by atoms with Crippen molar-refractivity contribution in [3.8, 4) is 0 Å². The van der Waals surface area contributed by atoms with Gasteiger partial charge in [0.05, 0.1) is 5.54 Å². The summed E-state index contributed by atoms with van der Waals surface area (Å²) < 4.78 is 0. The highest BCUT2D eigenvalue weighted by molar-refractivity contribution is 5.75. The average molecular weight is 267 g/mol. The molecule has 0 radical (unpaired) electrons. The molecule has 0 heterocycles. The summed E-state index contributed by atoms with van der Waals surface area (Å²) in [7, 11) is 1.93. The van der Waals surface area contributed by atoms with Gasteiger partial charge in [0.2, 0.25) is 0 Å². The zero-order chi connectivity index (χ0) is 13.7. The first-order chi connectivity index (χ1) is 9.18. The number of nitrogens with one attached hydrogen (secondary N) is 1. The Bertz CT molecular complexity index is 292. The molecule has 2 aliphatic carbocycles. The van der Waals surface area contributed by atoms with E-state index in [1.54, 1.807) is 0 Å². The first-order valence-electron chi connectivity index (χ1n) is 7.92. The Balaban J connectivity index is 1.97. The van der Waals surface area contributed by atoms with Crippen molar-refractivity contribution in [3.63, 3.8) is 0 Å². The number of urea groups is 1. The number of carbonyl (C=O) groups is 1. The fourth-order valence-electron chi connectivity index (χ4n) is 3.62. The smallest absolute Gasteiger partial charge is 0.317 e. The number of hydrogen-bond donors (Lipinski definition) is 2. The minimum absolute atomic E-state index is 0.0826. The van der Waals surface area contributed by atoms with Gasteiger partial charge in [-0.2, -0.15) is 0 Å². The lowest BCUT2D eigenvalue weighted by Gasteiger charge is -2.41. The monoisotopic (exact) mass is 267 g/mol. The van der Waals surface area contributed by atoms with Crippen LogP contribution < -0.4 is 11.1 Å². The van der Waals surface area contributed by atoms with Gasteiger partial charge >= 0.3 is 6.03 Å². The summed E-state index contributed by atoms with van der Waals surface area (Å²) in [6.45, 7) is 0.585. The highest BCUT2D eigenvalue weighted by Gasteiger charge is 2.37. The molecule has 0 bridgehead atoms. The van der Waals surface area contributed by atoms with Crippen LogP contribution in [0.2, 0.25) is 0 Å². The molecule has 2 rings (SSSR count). The molecule has 110 valence electrons. The Morgan fingerprint density at radius 2 is 1.74 bits per heavy atom. The Labute approximate surface area is 117 Å². The highest BCUT2D eigenvalue weighted by Crippen LogP contribution is 2.31. The SMILES string of the molecule is CN(C(=O)NC1CCCC1)C1(CN)CCCCCC1. The summed E-state index contributed by atoms with van der Waals surface area (Å²) in [5.41, 5.74) is 5.92. The van der Waals surface area contributed by atoms with Crippen molar-refractivity contribution >= 4 is 6.03 Å². The minimum atomic E-state index is -0.112. The van der Waals surface area contributed by atoms with E-state index in [0.29, 0.717) is 12.6 Å². The lowest BCUT2D eigenvalue weighted by Crippen LogP contribution is -2.57.